The first-order valence-corrected chi connectivity index (χ1v) is 5.35. The molecule has 0 bridgehead atoms. The Labute approximate surface area is 88.9 Å². The molecular weight excluding hydrogens is 192 g/mol. The van der Waals surface area contributed by atoms with Gasteiger partial charge in [0.15, 0.2) is 5.69 Å². The van der Waals surface area contributed by atoms with Crippen molar-refractivity contribution in [1.82, 2.24) is 20.3 Å². The fourth-order valence-electron chi connectivity index (χ4n) is 1.85. The summed E-state index contributed by atoms with van der Waals surface area (Å²) in [5.41, 5.74) is 1.14. The molecule has 5 heteroatoms. The molecule has 0 atom stereocenters. The number of aryl methyl sites for hydroxylation is 1. The summed E-state index contributed by atoms with van der Waals surface area (Å²) < 4.78 is 0. The highest BCUT2D eigenvalue weighted by molar-refractivity contribution is 5.93. The van der Waals surface area contributed by atoms with Crippen molar-refractivity contribution in [2.45, 2.75) is 26.7 Å². The predicted octanol–water partition coefficient (Wildman–Crippen LogP) is 0.985. The third-order valence-corrected chi connectivity index (χ3v) is 3.00. The highest BCUT2D eigenvalue weighted by atomic mass is 16.2. The standard InChI is InChI=1S/C10H16N4O/c1-7-3-5-14(6-4-7)10(15)9-8(2)11-13-12-9/h7H,3-6H2,1-2H3,(H,11,12,13). The summed E-state index contributed by atoms with van der Waals surface area (Å²) in [7, 11) is 0. The number of carbonyl (C=O) groups is 1. The average Bonchev–Trinajstić information content (AvgIpc) is 2.65. The molecule has 1 aliphatic heterocycles. The van der Waals surface area contributed by atoms with Crippen molar-refractivity contribution in [2.24, 2.45) is 5.92 Å². The van der Waals surface area contributed by atoms with E-state index >= 15 is 0 Å². The molecule has 1 aromatic rings. The van der Waals surface area contributed by atoms with E-state index in [1.165, 1.54) is 0 Å². The lowest BCUT2D eigenvalue weighted by Crippen LogP contribution is -2.38. The average molecular weight is 208 g/mol. The number of hydrogen-bond donors (Lipinski definition) is 1. The Balaban J connectivity index is 2.06. The van der Waals surface area contributed by atoms with Gasteiger partial charge in [-0.25, -0.2) is 0 Å². The molecule has 0 saturated carbocycles. The number of nitrogens with zero attached hydrogens (tertiary/aromatic N) is 3. The van der Waals surface area contributed by atoms with Crippen molar-refractivity contribution >= 4 is 5.91 Å². The van der Waals surface area contributed by atoms with Crippen LogP contribution in [0.5, 0.6) is 0 Å². The van der Waals surface area contributed by atoms with Gasteiger partial charge < -0.3 is 4.90 Å². The van der Waals surface area contributed by atoms with Crippen LogP contribution in [-0.4, -0.2) is 39.3 Å². The number of likely N-dealkylation sites (tertiary alicyclic amines) is 1. The number of amides is 1. The maximum atomic E-state index is 12.0. The number of rotatable bonds is 1. The zero-order valence-corrected chi connectivity index (χ0v) is 9.16. The monoisotopic (exact) mass is 208 g/mol. The molecule has 0 aromatic carbocycles. The fourth-order valence-corrected chi connectivity index (χ4v) is 1.85. The van der Waals surface area contributed by atoms with Gasteiger partial charge in [-0.1, -0.05) is 6.92 Å². The summed E-state index contributed by atoms with van der Waals surface area (Å²) in [5.74, 6) is 0.737. The Morgan fingerprint density at radius 2 is 2.07 bits per heavy atom. The second-order valence-corrected chi connectivity index (χ2v) is 4.23. The highest BCUT2D eigenvalue weighted by Crippen LogP contribution is 2.17. The van der Waals surface area contributed by atoms with Crippen LogP contribution in [0.2, 0.25) is 0 Å². The lowest BCUT2D eigenvalue weighted by atomic mass is 9.99. The Hall–Kier alpha value is -1.39. The molecule has 0 unspecified atom stereocenters. The van der Waals surface area contributed by atoms with Crippen LogP contribution in [0, 0.1) is 12.8 Å². The van der Waals surface area contributed by atoms with Crippen LogP contribution in [0.3, 0.4) is 0 Å². The van der Waals surface area contributed by atoms with Gasteiger partial charge in [-0.05, 0) is 25.7 Å². The zero-order chi connectivity index (χ0) is 10.8. The second-order valence-electron chi connectivity index (χ2n) is 4.23. The van der Waals surface area contributed by atoms with Gasteiger partial charge in [0, 0.05) is 13.1 Å². The Morgan fingerprint density at radius 3 is 2.60 bits per heavy atom. The molecule has 0 radical (unpaired) electrons. The lowest BCUT2D eigenvalue weighted by molar-refractivity contribution is 0.0690. The van der Waals surface area contributed by atoms with E-state index in [4.69, 9.17) is 0 Å². The predicted molar refractivity (Wildman–Crippen MR) is 55.4 cm³/mol. The summed E-state index contributed by atoms with van der Waals surface area (Å²) >= 11 is 0. The van der Waals surface area contributed by atoms with E-state index in [-0.39, 0.29) is 5.91 Å². The van der Waals surface area contributed by atoms with Gasteiger partial charge in [-0.2, -0.15) is 15.4 Å². The molecule has 5 nitrogen and oxygen atoms in total. The molecule has 2 heterocycles. The van der Waals surface area contributed by atoms with Crippen LogP contribution in [0.15, 0.2) is 0 Å². The topological polar surface area (TPSA) is 61.9 Å². The minimum atomic E-state index is 0.00755. The zero-order valence-electron chi connectivity index (χ0n) is 9.16. The summed E-state index contributed by atoms with van der Waals surface area (Å²) in [6.07, 6.45) is 2.17. The molecule has 0 aliphatic carbocycles. The molecule has 1 aliphatic rings. The van der Waals surface area contributed by atoms with Gasteiger partial charge in [-0.15, -0.1) is 0 Å². The van der Waals surface area contributed by atoms with Crippen LogP contribution in [0.25, 0.3) is 0 Å². The summed E-state index contributed by atoms with van der Waals surface area (Å²) in [4.78, 5) is 13.9. The summed E-state index contributed by atoms with van der Waals surface area (Å²) in [6, 6.07) is 0. The van der Waals surface area contributed by atoms with Crippen molar-refractivity contribution in [2.75, 3.05) is 13.1 Å². The van der Waals surface area contributed by atoms with Crippen molar-refractivity contribution in [3.05, 3.63) is 11.4 Å². The Morgan fingerprint density at radius 1 is 1.40 bits per heavy atom. The van der Waals surface area contributed by atoms with Crippen LogP contribution >= 0.6 is 0 Å². The number of hydrogen-bond acceptors (Lipinski definition) is 3. The van der Waals surface area contributed by atoms with Crippen LogP contribution in [0.1, 0.15) is 35.9 Å². The van der Waals surface area contributed by atoms with E-state index in [9.17, 15) is 4.79 Å². The van der Waals surface area contributed by atoms with E-state index in [1.807, 2.05) is 4.90 Å². The van der Waals surface area contributed by atoms with Gasteiger partial charge >= 0.3 is 0 Å². The fraction of sp³-hybridized carbons (Fsp3) is 0.700. The van der Waals surface area contributed by atoms with E-state index in [0.717, 1.165) is 31.8 Å². The van der Waals surface area contributed by atoms with Crippen LogP contribution < -0.4 is 0 Å². The van der Waals surface area contributed by atoms with E-state index in [0.29, 0.717) is 11.4 Å². The minimum absolute atomic E-state index is 0.00755. The number of piperidine rings is 1. The smallest absolute Gasteiger partial charge is 0.276 e. The quantitative estimate of drug-likeness (QED) is 0.748. The maximum Gasteiger partial charge on any atom is 0.276 e. The first-order chi connectivity index (χ1) is 7.18. The van der Waals surface area contributed by atoms with Gasteiger partial charge in [-0.3, -0.25) is 4.79 Å². The molecule has 1 N–H and O–H groups in total. The van der Waals surface area contributed by atoms with Gasteiger partial charge in [0.1, 0.15) is 0 Å². The number of aromatic amines is 1. The minimum Gasteiger partial charge on any atom is -0.337 e. The maximum absolute atomic E-state index is 12.0. The van der Waals surface area contributed by atoms with Crippen LogP contribution in [0.4, 0.5) is 0 Å². The van der Waals surface area contributed by atoms with Crippen molar-refractivity contribution in [3.8, 4) is 0 Å². The number of carbonyl (C=O) groups excluding carboxylic acids is 1. The van der Waals surface area contributed by atoms with E-state index < -0.39 is 0 Å². The van der Waals surface area contributed by atoms with Crippen molar-refractivity contribution < 1.29 is 4.79 Å². The summed E-state index contributed by atoms with van der Waals surface area (Å²) in [5, 5.41) is 10.2. The molecule has 2 rings (SSSR count). The first kappa shape index (κ1) is 10.1. The normalized spacial score (nSPS) is 18.1. The van der Waals surface area contributed by atoms with E-state index in [2.05, 4.69) is 22.3 Å². The SMILES string of the molecule is Cc1n[nH]nc1C(=O)N1CCC(C)CC1. The van der Waals surface area contributed by atoms with Gasteiger partial charge in [0.2, 0.25) is 0 Å². The third-order valence-electron chi connectivity index (χ3n) is 3.00. The third kappa shape index (κ3) is 2.00. The highest BCUT2D eigenvalue weighted by Gasteiger charge is 2.24. The van der Waals surface area contributed by atoms with Crippen molar-refractivity contribution in [3.63, 3.8) is 0 Å². The molecule has 1 saturated heterocycles. The number of nitrogens with one attached hydrogen (secondary N) is 1. The molecule has 1 amide bonds. The largest absolute Gasteiger partial charge is 0.337 e. The van der Waals surface area contributed by atoms with Gasteiger partial charge in [0.05, 0.1) is 5.69 Å². The molecular formula is C10H16N4O. The Kier molecular flexibility index (Phi) is 2.70. The molecule has 0 spiro atoms. The summed E-state index contributed by atoms with van der Waals surface area (Å²) in [6.45, 7) is 5.70. The molecule has 1 fully saturated rings. The molecule has 1 aromatic heterocycles. The molecule has 15 heavy (non-hydrogen) atoms. The number of H-pyrrole nitrogens is 1. The number of aromatic nitrogens is 3. The Bertz CT molecular complexity index is 352. The van der Waals surface area contributed by atoms with E-state index in [1.54, 1.807) is 6.92 Å². The second kappa shape index (κ2) is 4.00. The first-order valence-electron chi connectivity index (χ1n) is 5.35. The van der Waals surface area contributed by atoms with Crippen LogP contribution in [-0.2, 0) is 0 Å². The van der Waals surface area contributed by atoms with Gasteiger partial charge in [0.25, 0.3) is 5.91 Å². The molecule has 82 valence electrons. The van der Waals surface area contributed by atoms with Crippen molar-refractivity contribution in [1.29, 1.82) is 0 Å². The lowest BCUT2D eigenvalue weighted by Gasteiger charge is -2.29.